The van der Waals surface area contributed by atoms with Crippen LogP contribution in [0.5, 0.6) is 5.75 Å². The van der Waals surface area contributed by atoms with Crippen LogP contribution in [0.4, 0.5) is 0 Å². The third-order valence-electron chi connectivity index (χ3n) is 4.81. The molecule has 0 spiro atoms. The molecule has 1 fully saturated rings. The van der Waals surface area contributed by atoms with E-state index in [4.69, 9.17) is 4.74 Å². The van der Waals surface area contributed by atoms with Gasteiger partial charge in [0, 0.05) is 25.6 Å². The quantitative estimate of drug-likeness (QED) is 0.880. The highest BCUT2D eigenvalue weighted by Gasteiger charge is 2.25. The van der Waals surface area contributed by atoms with Crippen LogP contribution in [0, 0.1) is 12.8 Å². The lowest BCUT2D eigenvalue weighted by Crippen LogP contribution is -2.30. The van der Waals surface area contributed by atoms with Gasteiger partial charge in [-0.15, -0.1) is 0 Å². The van der Waals surface area contributed by atoms with Crippen molar-refractivity contribution in [1.29, 1.82) is 0 Å². The predicted molar refractivity (Wildman–Crippen MR) is 97.4 cm³/mol. The molecule has 1 unspecified atom stereocenters. The first-order valence-corrected chi connectivity index (χ1v) is 8.80. The fourth-order valence-corrected chi connectivity index (χ4v) is 3.17. The van der Waals surface area contributed by atoms with Gasteiger partial charge in [-0.2, -0.15) is 0 Å². The zero-order valence-corrected chi connectivity index (χ0v) is 14.6. The van der Waals surface area contributed by atoms with E-state index in [1.54, 1.807) is 0 Å². The molecule has 0 radical (unpaired) electrons. The zero-order chi connectivity index (χ0) is 17.6. The average molecular weight is 339 g/mol. The Balaban J connectivity index is 1.58. The van der Waals surface area contributed by atoms with Crippen molar-refractivity contribution < 1.29 is 14.6 Å². The Kier molecular flexibility index (Phi) is 5.71. The molecule has 4 nitrogen and oxygen atoms in total. The van der Waals surface area contributed by atoms with Crippen LogP contribution in [0.1, 0.15) is 23.1 Å². The SMILES string of the molecule is Cc1ccccc1COc1cccc(CC(=O)N2CCC(CO)C2)c1. The first kappa shape index (κ1) is 17.5. The Morgan fingerprint density at radius 1 is 1.24 bits per heavy atom. The molecule has 132 valence electrons. The fourth-order valence-electron chi connectivity index (χ4n) is 3.17. The van der Waals surface area contributed by atoms with Crippen LogP contribution in [-0.4, -0.2) is 35.6 Å². The van der Waals surface area contributed by atoms with Crippen LogP contribution < -0.4 is 4.74 Å². The van der Waals surface area contributed by atoms with Crippen molar-refractivity contribution in [3.63, 3.8) is 0 Å². The molecule has 1 heterocycles. The normalized spacial score (nSPS) is 16.9. The van der Waals surface area contributed by atoms with Crippen molar-refractivity contribution in [1.82, 2.24) is 4.90 Å². The molecule has 25 heavy (non-hydrogen) atoms. The summed E-state index contributed by atoms with van der Waals surface area (Å²) < 4.78 is 5.90. The summed E-state index contributed by atoms with van der Waals surface area (Å²) in [5.41, 5.74) is 3.33. The highest BCUT2D eigenvalue weighted by molar-refractivity contribution is 5.79. The second-order valence-corrected chi connectivity index (χ2v) is 6.72. The molecule has 0 bridgehead atoms. The minimum absolute atomic E-state index is 0.118. The lowest BCUT2D eigenvalue weighted by Gasteiger charge is -2.16. The lowest BCUT2D eigenvalue weighted by atomic mass is 10.1. The summed E-state index contributed by atoms with van der Waals surface area (Å²) in [5.74, 6) is 1.13. The van der Waals surface area contributed by atoms with Crippen molar-refractivity contribution in [2.75, 3.05) is 19.7 Å². The summed E-state index contributed by atoms with van der Waals surface area (Å²) in [6.07, 6.45) is 1.27. The molecule has 2 aromatic carbocycles. The van der Waals surface area contributed by atoms with Crippen molar-refractivity contribution >= 4 is 5.91 Å². The van der Waals surface area contributed by atoms with E-state index in [1.807, 2.05) is 41.3 Å². The van der Waals surface area contributed by atoms with Gasteiger partial charge in [0.05, 0.1) is 6.42 Å². The summed E-state index contributed by atoms with van der Waals surface area (Å²) in [7, 11) is 0. The third-order valence-corrected chi connectivity index (χ3v) is 4.81. The van der Waals surface area contributed by atoms with Gasteiger partial charge in [-0.25, -0.2) is 0 Å². The van der Waals surface area contributed by atoms with Gasteiger partial charge in [-0.05, 0) is 42.2 Å². The molecule has 4 heteroatoms. The van der Waals surface area contributed by atoms with Crippen LogP contribution in [0.25, 0.3) is 0 Å². The van der Waals surface area contributed by atoms with E-state index in [0.29, 0.717) is 19.6 Å². The third kappa shape index (κ3) is 4.60. The fraction of sp³-hybridized carbons (Fsp3) is 0.381. The summed E-state index contributed by atoms with van der Waals surface area (Å²) in [5, 5.41) is 9.21. The number of hydrogen-bond donors (Lipinski definition) is 1. The highest BCUT2D eigenvalue weighted by Crippen LogP contribution is 2.20. The minimum Gasteiger partial charge on any atom is -0.489 e. The van der Waals surface area contributed by atoms with Crippen molar-refractivity contribution in [2.24, 2.45) is 5.92 Å². The highest BCUT2D eigenvalue weighted by atomic mass is 16.5. The molecule has 1 atom stereocenters. The number of carbonyl (C=O) groups excluding carboxylic acids is 1. The molecule has 1 N–H and O–H groups in total. The molecule has 3 rings (SSSR count). The molecule has 1 amide bonds. The maximum Gasteiger partial charge on any atom is 0.227 e. The van der Waals surface area contributed by atoms with E-state index in [0.717, 1.165) is 29.8 Å². The Bertz CT molecular complexity index is 729. The number of hydrogen-bond acceptors (Lipinski definition) is 3. The minimum atomic E-state index is 0.118. The van der Waals surface area contributed by atoms with Gasteiger partial charge in [-0.3, -0.25) is 4.79 Å². The molecule has 1 aliphatic rings. The number of amides is 1. The Morgan fingerprint density at radius 2 is 2.08 bits per heavy atom. The molecule has 1 aliphatic heterocycles. The Labute approximate surface area is 149 Å². The summed E-state index contributed by atoms with van der Waals surface area (Å²) >= 11 is 0. The van der Waals surface area contributed by atoms with Gasteiger partial charge in [0.15, 0.2) is 0 Å². The van der Waals surface area contributed by atoms with Gasteiger partial charge < -0.3 is 14.7 Å². The van der Waals surface area contributed by atoms with Gasteiger partial charge in [0.2, 0.25) is 5.91 Å². The zero-order valence-electron chi connectivity index (χ0n) is 14.6. The van der Waals surface area contributed by atoms with Crippen LogP contribution in [0.3, 0.4) is 0 Å². The summed E-state index contributed by atoms with van der Waals surface area (Å²) in [6, 6.07) is 15.9. The van der Waals surface area contributed by atoms with E-state index in [1.165, 1.54) is 5.56 Å². The standard InChI is InChI=1S/C21H25NO3/c1-16-5-2-3-7-19(16)15-25-20-8-4-6-17(11-20)12-21(24)22-10-9-18(13-22)14-23/h2-8,11,18,23H,9-10,12-15H2,1H3. The second kappa shape index (κ2) is 8.17. The number of aliphatic hydroxyl groups is 1. The topological polar surface area (TPSA) is 49.8 Å². The molecule has 0 saturated carbocycles. The first-order valence-electron chi connectivity index (χ1n) is 8.80. The maximum atomic E-state index is 12.4. The monoisotopic (exact) mass is 339 g/mol. The number of nitrogens with zero attached hydrogens (tertiary/aromatic N) is 1. The van der Waals surface area contributed by atoms with E-state index in [-0.39, 0.29) is 18.4 Å². The van der Waals surface area contributed by atoms with Crippen LogP contribution in [0.15, 0.2) is 48.5 Å². The van der Waals surface area contributed by atoms with Gasteiger partial charge in [0.1, 0.15) is 12.4 Å². The van der Waals surface area contributed by atoms with E-state index >= 15 is 0 Å². The van der Waals surface area contributed by atoms with Crippen LogP contribution in [-0.2, 0) is 17.8 Å². The Morgan fingerprint density at radius 3 is 2.84 bits per heavy atom. The number of aryl methyl sites for hydroxylation is 1. The lowest BCUT2D eigenvalue weighted by molar-refractivity contribution is -0.129. The number of carbonyl (C=O) groups is 1. The number of ether oxygens (including phenoxy) is 1. The molecule has 1 saturated heterocycles. The molecular weight excluding hydrogens is 314 g/mol. The van der Waals surface area contributed by atoms with Gasteiger partial charge in [-0.1, -0.05) is 36.4 Å². The average Bonchev–Trinajstić information content (AvgIpc) is 3.11. The Hall–Kier alpha value is -2.33. The van der Waals surface area contributed by atoms with Gasteiger partial charge >= 0.3 is 0 Å². The van der Waals surface area contributed by atoms with E-state index in [2.05, 4.69) is 19.1 Å². The predicted octanol–water partition coefficient (Wildman–Crippen LogP) is 2.96. The molecule has 0 aromatic heterocycles. The second-order valence-electron chi connectivity index (χ2n) is 6.72. The van der Waals surface area contributed by atoms with Crippen molar-refractivity contribution in [3.8, 4) is 5.75 Å². The first-order chi connectivity index (χ1) is 12.2. The summed E-state index contributed by atoms with van der Waals surface area (Å²) in [6.45, 7) is 4.16. The van der Waals surface area contributed by atoms with E-state index in [9.17, 15) is 9.90 Å². The molecule has 0 aliphatic carbocycles. The van der Waals surface area contributed by atoms with Crippen molar-refractivity contribution in [2.45, 2.75) is 26.4 Å². The number of benzene rings is 2. The molecular formula is C21H25NO3. The van der Waals surface area contributed by atoms with Crippen LogP contribution in [0.2, 0.25) is 0 Å². The summed E-state index contributed by atoms with van der Waals surface area (Å²) in [4.78, 5) is 14.3. The largest absolute Gasteiger partial charge is 0.489 e. The van der Waals surface area contributed by atoms with Crippen LogP contribution >= 0.6 is 0 Å². The molecule has 2 aromatic rings. The maximum absolute atomic E-state index is 12.4. The van der Waals surface area contributed by atoms with Crippen molar-refractivity contribution in [3.05, 3.63) is 65.2 Å². The number of rotatable bonds is 6. The smallest absolute Gasteiger partial charge is 0.227 e. The van der Waals surface area contributed by atoms with E-state index < -0.39 is 0 Å². The number of aliphatic hydroxyl groups excluding tert-OH is 1. The van der Waals surface area contributed by atoms with Gasteiger partial charge in [0.25, 0.3) is 0 Å². The number of likely N-dealkylation sites (tertiary alicyclic amines) is 1.